The largest absolute Gasteiger partial charge is 0.341 e. The van der Waals surface area contributed by atoms with Crippen LogP contribution in [0, 0.1) is 21.8 Å². The lowest BCUT2D eigenvalue weighted by Gasteiger charge is -2.30. The Morgan fingerprint density at radius 2 is 2.24 bits per heavy atom. The minimum absolute atomic E-state index is 0.152. The summed E-state index contributed by atoms with van der Waals surface area (Å²) in [5.41, 5.74) is 1.21. The molecule has 0 atom stereocenters. The second kappa shape index (κ2) is 6.04. The molecule has 0 bridgehead atoms. The molecule has 0 aromatic heterocycles. The molecule has 1 aromatic rings. The van der Waals surface area contributed by atoms with Gasteiger partial charge in [-0.2, -0.15) is 0 Å². The fourth-order valence-electron chi connectivity index (χ4n) is 2.35. The summed E-state index contributed by atoms with van der Waals surface area (Å²) >= 11 is 0. The van der Waals surface area contributed by atoms with E-state index in [0.29, 0.717) is 18.5 Å². The second-order valence-electron chi connectivity index (χ2n) is 5.23. The molecule has 1 saturated carbocycles. The van der Waals surface area contributed by atoms with Gasteiger partial charge in [-0.25, -0.2) is 4.39 Å². The van der Waals surface area contributed by atoms with Crippen LogP contribution in [0.3, 0.4) is 0 Å². The average Bonchev–Trinajstić information content (AvgIpc) is 2.41. The van der Waals surface area contributed by atoms with E-state index in [2.05, 4.69) is 5.43 Å². The summed E-state index contributed by atoms with van der Waals surface area (Å²) in [6.07, 6.45) is 3.25. The van der Waals surface area contributed by atoms with E-state index in [1.165, 1.54) is 4.90 Å². The van der Waals surface area contributed by atoms with Gasteiger partial charge in [-0.05, 0) is 24.8 Å². The number of nitrogens with one attached hydrogen (secondary N) is 1. The lowest BCUT2D eigenvalue weighted by molar-refractivity contribution is -0.385. The summed E-state index contributed by atoms with van der Waals surface area (Å²) in [5, 5.41) is 11.0. The number of nitrogens with two attached hydrogens (primary N) is 1. The third-order valence-electron chi connectivity index (χ3n) is 3.77. The van der Waals surface area contributed by atoms with Gasteiger partial charge in [0, 0.05) is 13.6 Å². The Morgan fingerprint density at radius 1 is 1.57 bits per heavy atom. The van der Waals surface area contributed by atoms with Crippen molar-refractivity contribution in [2.45, 2.75) is 19.3 Å². The highest BCUT2D eigenvalue weighted by molar-refractivity contribution is 5.99. The number of carbonyl (C=O) groups is 1. The highest BCUT2D eigenvalue weighted by Gasteiger charge is 2.28. The van der Waals surface area contributed by atoms with Crippen LogP contribution < -0.4 is 11.3 Å². The van der Waals surface area contributed by atoms with Crippen molar-refractivity contribution in [3.63, 3.8) is 0 Å². The fraction of sp³-hybridized carbons (Fsp3) is 0.462. The van der Waals surface area contributed by atoms with E-state index < -0.39 is 22.3 Å². The summed E-state index contributed by atoms with van der Waals surface area (Å²) in [7, 11) is 1.59. The van der Waals surface area contributed by atoms with Crippen molar-refractivity contribution in [3.05, 3.63) is 33.6 Å². The van der Waals surface area contributed by atoms with E-state index >= 15 is 0 Å². The van der Waals surface area contributed by atoms with Gasteiger partial charge >= 0.3 is 0 Å². The van der Waals surface area contributed by atoms with Gasteiger partial charge in [-0.3, -0.25) is 20.8 Å². The molecule has 0 unspecified atom stereocenters. The molecular formula is C13H17FN4O3. The van der Waals surface area contributed by atoms with Crippen LogP contribution in [0.15, 0.2) is 12.1 Å². The molecule has 3 N–H and O–H groups in total. The molecule has 1 aliphatic rings. The van der Waals surface area contributed by atoms with Gasteiger partial charge in [0.25, 0.3) is 11.6 Å². The molecule has 0 radical (unpaired) electrons. The number of nitrogen functional groups attached to an aromatic ring is 1. The zero-order valence-corrected chi connectivity index (χ0v) is 11.6. The monoisotopic (exact) mass is 296 g/mol. The molecule has 1 aliphatic carbocycles. The first kappa shape index (κ1) is 15.2. The summed E-state index contributed by atoms with van der Waals surface area (Å²) in [6.45, 7) is 0.540. The molecule has 1 amide bonds. The van der Waals surface area contributed by atoms with Crippen LogP contribution in [0.5, 0.6) is 0 Å². The third-order valence-corrected chi connectivity index (χ3v) is 3.77. The number of anilines is 1. The molecule has 21 heavy (non-hydrogen) atoms. The molecule has 1 fully saturated rings. The maximum absolute atomic E-state index is 13.6. The standard InChI is InChI=1S/C13H17FN4O3/c1-17(7-8-3-2-4-8)13(19)9-5-11(16-15)10(14)6-12(9)18(20)21/h5-6,8,16H,2-4,7,15H2,1H3. The quantitative estimate of drug-likeness (QED) is 0.491. The molecular weight excluding hydrogens is 279 g/mol. The topological polar surface area (TPSA) is 102 Å². The van der Waals surface area contributed by atoms with Gasteiger partial charge in [0.2, 0.25) is 0 Å². The lowest BCUT2D eigenvalue weighted by Crippen LogP contribution is -2.34. The number of carbonyl (C=O) groups excluding carboxylic acids is 1. The van der Waals surface area contributed by atoms with Crippen LogP contribution in [0.4, 0.5) is 15.8 Å². The Bertz CT molecular complexity index is 575. The molecule has 0 heterocycles. The summed E-state index contributed by atoms with van der Waals surface area (Å²) in [6, 6.07) is 1.78. The van der Waals surface area contributed by atoms with Crippen LogP contribution in [0.1, 0.15) is 29.6 Å². The lowest BCUT2D eigenvalue weighted by atomic mass is 9.85. The number of halogens is 1. The number of amides is 1. The van der Waals surface area contributed by atoms with Crippen molar-refractivity contribution in [3.8, 4) is 0 Å². The normalized spacial score (nSPS) is 14.4. The van der Waals surface area contributed by atoms with Crippen molar-refractivity contribution < 1.29 is 14.1 Å². The van der Waals surface area contributed by atoms with Crippen LogP contribution in [0.2, 0.25) is 0 Å². The van der Waals surface area contributed by atoms with Gasteiger partial charge in [0.15, 0.2) is 5.82 Å². The van der Waals surface area contributed by atoms with Gasteiger partial charge in [0.05, 0.1) is 16.7 Å². The number of nitro groups is 1. The maximum Gasteiger partial charge on any atom is 0.285 e. The van der Waals surface area contributed by atoms with Crippen molar-refractivity contribution in [1.82, 2.24) is 4.90 Å². The van der Waals surface area contributed by atoms with Gasteiger partial charge < -0.3 is 10.3 Å². The maximum atomic E-state index is 13.6. The zero-order chi connectivity index (χ0) is 15.6. The SMILES string of the molecule is CN(CC1CCC1)C(=O)c1cc(NN)c(F)cc1[N+](=O)[O-]. The number of hydrogen-bond donors (Lipinski definition) is 2. The number of hydrazine groups is 1. The average molecular weight is 296 g/mol. The molecule has 0 spiro atoms. The predicted octanol–water partition coefficient (Wildman–Crippen LogP) is 1.89. The van der Waals surface area contributed by atoms with Crippen LogP contribution in [0.25, 0.3) is 0 Å². The molecule has 0 saturated heterocycles. The third kappa shape index (κ3) is 3.10. The van der Waals surface area contributed by atoms with Crippen molar-refractivity contribution in [2.75, 3.05) is 19.0 Å². The molecule has 8 heteroatoms. The molecule has 0 aliphatic heterocycles. The highest BCUT2D eigenvalue weighted by atomic mass is 19.1. The van der Waals surface area contributed by atoms with Crippen LogP contribution >= 0.6 is 0 Å². The van der Waals surface area contributed by atoms with Crippen LogP contribution in [-0.2, 0) is 0 Å². The Hall–Kier alpha value is -2.22. The number of benzene rings is 1. The van der Waals surface area contributed by atoms with Gasteiger partial charge in [-0.15, -0.1) is 0 Å². The summed E-state index contributed by atoms with van der Waals surface area (Å²) < 4.78 is 13.6. The number of nitro benzene ring substituents is 1. The van der Waals surface area contributed by atoms with E-state index in [1.807, 2.05) is 0 Å². The van der Waals surface area contributed by atoms with E-state index in [0.717, 1.165) is 25.3 Å². The molecule has 7 nitrogen and oxygen atoms in total. The Kier molecular flexibility index (Phi) is 4.37. The van der Waals surface area contributed by atoms with E-state index in [9.17, 15) is 19.3 Å². The Morgan fingerprint density at radius 3 is 2.71 bits per heavy atom. The molecule has 2 rings (SSSR count). The number of rotatable bonds is 5. The summed E-state index contributed by atoms with van der Waals surface area (Å²) in [5.74, 6) is 4.20. The number of hydrogen-bond acceptors (Lipinski definition) is 5. The zero-order valence-electron chi connectivity index (χ0n) is 11.6. The Labute approximate surface area is 121 Å². The fourth-order valence-corrected chi connectivity index (χ4v) is 2.35. The van der Waals surface area contributed by atoms with E-state index in [4.69, 9.17) is 5.84 Å². The predicted molar refractivity (Wildman–Crippen MR) is 75.2 cm³/mol. The number of nitrogens with zero attached hydrogens (tertiary/aromatic N) is 2. The first-order valence-corrected chi connectivity index (χ1v) is 6.64. The minimum atomic E-state index is -0.873. The van der Waals surface area contributed by atoms with Crippen molar-refractivity contribution in [1.29, 1.82) is 0 Å². The smallest absolute Gasteiger partial charge is 0.285 e. The van der Waals surface area contributed by atoms with E-state index in [1.54, 1.807) is 7.05 Å². The highest BCUT2D eigenvalue weighted by Crippen LogP contribution is 2.29. The second-order valence-corrected chi connectivity index (χ2v) is 5.23. The summed E-state index contributed by atoms with van der Waals surface area (Å²) in [4.78, 5) is 24.0. The van der Waals surface area contributed by atoms with Crippen molar-refractivity contribution >= 4 is 17.3 Å². The first-order valence-electron chi connectivity index (χ1n) is 6.64. The van der Waals surface area contributed by atoms with Crippen LogP contribution in [-0.4, -0.2) is 29.3 Å². The van der Waals surface area contributed by atoms with Crippen molar-refractivity contribution in [2.24, 2.45) is 11.8 Å². The molecule has 1 aromatic carbocycles. The van der Waals surface area contributed by atoms with Gasteiger partial charge in [0.1, 0.15) is 5.56 Å². The van der Waals surface area contributed by atoms with E-state index in [-0.39, 0.29) is 11.3 Å². The Balaban J connectivity index is 2.30. The first-order chi connectivity index (χ1) is 9.93. The van der Waals surface area contributed by atoms with Gasteiger partial charge in [-0.1, -0.05) is 6.42 Å². The molecule has 114 valence electrons. The minimum Gasteiger partial charge on any atom is -0.341 e.